The zero-order valence-corrected chi connectivity index (χ0v) is 48.6. The summed E-state index contributed by atoms with van der Waals surface area (Å²) in [5.41, 5.74) is 8.83. The number of hydrogen-bond acceptors (Lipinski definition) is 13. The van der Waals surface area contributed by atoms with Crippen LogP contribution in [0, 0.1) is 41.5 Å². The van der Waals surface area contributed by atoms with Gasteiger partial charge in [-0.3, -0.25) is 4.79 Å². The molecule has 0 unspecified atom stereocenters. The zero-order valence-electron chi connectivity index (χ0n) is 46.1. The number of halogens is 1. The van der Waals surface area contributed by atoms with Gasteiger partial charge >= 0.3 is 5.97 Å². The van der Waals surface area contributed by atoms with Gasteiger partial charge in [0.2, 0.25) is 26.0 Å². The summed E-state index contributed by atoms with van der Waals surface area (Å²) in [6.45, 7) is 11.9. The molecule has 6 aromatic rings. The molecule has 0 spiro atoms. The van der Waals surface area contributed by atoms with E-state index in [4.69, 9.17) is 24.1 Å². The van der Waals surface area contributed by atoms with Crippen LogP contribution in [0.5, 0.6) is 11.5 Å². The Labute approximate surface area is 462 Å². The molecule has 22 heteroatoms. The molecule has 4 aromatic carbocycles. The number of hydrogen-bond donors (Lipinski definition) is 2. The number of nitrogens with zero attached hydrogens (tertiary/aromatic N) is 7. The number of benzene rings is 4. The number of aryl methyl sites for hydroxylation is 8. The lowest BCUT2D eigenvalue weighted by Gasteiger charge is -2.21. The molecule has 6 rings (SSSR count). The molecule has 1 amide bonds. The van der Waals surface area contributed by atoms with E-state index in [1.165, 1.54) is 36.6 Å². The number of aliphatic carboxylic acids is 1. The molecule has 0 atom stereocenters. The number of rotatable bonds is 22. The van der Waals surface area contributed by atoms with Crippen LogP contribution in [-0.4, -0.2) is 148 Å². The number of carboxylic acid groups (broad SMARTS) is 1. The van der Waals surface area contributed by atoms with Crippen LogP contribution >= 0.6 is 12.4 Å². The summed E-state index contributed by atoms with van der Waals surface area (Å²) in [6.07, 6.45) is 4.04. The molecule has 0 fully saturated rings. The van der Waals surface area contributed by atoms with Gasteiger partial charge in [-0.1, -0.05) is 56.0 Å². The highest BCUT2D eigenvalue weighted by Crippen LogP contribution is 2.29. The summed E-state index contributed by atoms with van der Waals surface area (Å²) < 4.78 is 78.6. The summed E-state index contributed by atoms with van der Waals surface area (Å²) in [7, 11) is 6.27. The first-order chi connectivity index (χ1) is 35.3. The second-order valence-electron chi connectivity index (χ2n) is 18.1. The molecule has 2 N–H and O–H groups in total. The van der Waals surface area contributed by atoms with Gasteiger partial charge in [0, 0.05) is 84.9 Å². The lowest BCUT2D eigenvalue weighted by Crippen LogP contribution is -2.33. The van der Waals surface area contributed by atoms with Crippen molar-refractivity contribution in [3.05, 3.63) is 130 Å². The lowest BCUT2D eigenvalue weighted by molar-refractivity contribution is -0.142. The van der Waals surface area contributed by atoms with Crippen molar-refractivity contribution in [1.82, 2.24) is 37.9 Å². The Balaban J connectivity index is 0.000000430. The summed E-state index contributed by atoms with van der Waals surface area (Å²) >= 11 is 0. The standard InChI is InChI=1S/C27H36N4O5S.C14H21NO6S.C13H17N3.CH4.ClH/c1-19-14-24(35-7)15-20(2)27(19)37(33,34)31(6)12-13-36-18-26(32)30(5)16-22-8-10-23(11-9-22)25-17-29(4)21(3)28-25;1-10-7-12(20-4)8-11(2)14(10)22(18,19)15(3)5-6-21-9-13(16)17;1-10-15-13(9-16(10)3)12-6-4-11(5-7-12)8-14-2;;/h8-11,14-15,17H,12-13,16,18H2,1-7H3;7-8H,5-6,9H2,1-4H3,(H,16,17);4-7,9,14H,8H2,1-3H3;1H4;1H. The second-order valence-corrected chi connectivity index (χ2v) is 22.0. The minimum atomic E-state index is -3.71. The average Bonchev–Trinajstić information content (AvgIpc) is 3.88. The van der Waals surface area contributed by atoms with Crippen molar-refractivity contribution in [2.45, 2.75) is 71.8 Å². The van der Waals surface area contributed by atoms with Crippen LogP contribution in [0.25, 0.3) is 22.5 Å². The molecular weight excluding hydrogens is 1050 g/mol. The Kier molecular flexibility index (Phi) is 26.7. The third kappa shape index (κ3) is 18.8. The summed E-state index contributed by atoms with van der Waals surface area (Å²) in [6, 6.07) is 23.2. The summed E-state index contributed by atoms with van der Waals surface area (Å²) in [5, 5.41) is 11.6. The molecular formula is C55H79ClN8O11S2. The van der Waals surface area contributed by atoms with Gasteiger partial charge in [-0.25, -0.2) is 31.6 Å². The first kappa shape index (κ1) is 66.9. The molecule has 77 heavy (non-hydrogen) atoms. The van der Waals surface area contributed by atoms with E-state index in [2.05, 4.69) is 45.7 Å². The van der Waals surface area contributed by atoms with E-state index < -0.39 is 32.6 Å². The number of aromatic nitrogens is 4. The van der Waals surface area contributed by atoms with Gasteiger partial charge in [-0.2, -0.15) is 8.61 Å². The Bertz CT molecular complexity index is 3010. The van der Waals surface area contributed by atoms with E-state index >= 15 is 0 Å². The lowest BCUT2D eigenvalue weighted by atomic mass is 10.1. The fraction of sp³-hybridized carbons (Fsp3) is 0.418. The maximum atomic E-state index is 13.1. The third-order valence-corrected chi connectivity index (χ3v) is 16.5. The quantitative estimate of drug-likeness (QED) is 0.0629. The fourth-order valence-electron chi connectivity index (χ4n) is 7.77. The molecule has 2 aromatic heterocycles. The minimum Gasteiger partial charge on any atom is -0.497 e. The predicted molar refractivity (Wildman–Crippen MR) is 304 cm³/mol. The minimum absolute atomic E-state index is 0. The summed E-state index contributed by atoms with van der Waals surface area (Å²) in [5.74, 6) is 1.92. The van der Waals surface area contributed by atoms with Crippen LogP contribution in [0.15, 0.2) is 95.0 Å². The van der Waals surface area contributed by atoms with Gasteiger partial charge in [-0.15, -0.1) is 12.4 Å². The van der Waals surface area contributed by atoms with E-state index in [9.17, 15) is 26.4 Å². The normalized spacial score (nSPS) is 11.2. The van der Waals surface area contributed by atoms with Gasteiger partial charge in [0.15, 0.2) is 0 Å². The number of carbonyl (C=O) groups is 2. The number of amides is 1. The van der Waals surface area contributed by atoms with Crippen molar-refractivity contribution >= 4 is 44.3 Å². The highest BCUT2D eigenvalue weighted by Gasteiger charge is 2.27. The van der Waals surface area contributed by atoms with Crippen LogP contribution in [-0.2, 0) is 66.3 Å². The fourth-order valence-corrected chi connectivity index (χ4v) is 10.9. The first-order valence-corrected chi connectivity index (χ1v) is 26.9. The Morgan fingerprint density at radius 3 is 1.31 bits per heavy atom. The van der Waals surface area contributed by atoms with Crippen LogP contribution in [0.1, 0.15) is 52.5 Å². The molecule has 0 aliphatic rings. The average molecular weight is 1130 g/mol. The Morgan fingerprint density at radius 1 is 0.623 bits per heavy atom. The van der Waals surface area contributed by atoms with Crippen molar-refractivity contribution < 1.29 is 50.5 Å². The van der Waals surface area contributed by atoms with Crippen molar-refractivity contribution in [3.63, 3.8) is 0 Å². The first-order valence-electron chi connectivity index (χ1n) is 24.0. The Morgan fingerprint density at radius 2 is 0.987 bits per heavy atom. The monoisotopic (exact) mass is 1130 g/mol. The molecule has 0 saturated heterocycles. The molecule has 2 heterocycles. The smallest absolute Gasteiger partial charge is 0.329 e. The van der Waals surface area contributed by atoms with Crippen LogP contribution in [0.3, 0.4) is 0 Å². The zero-order chi connectivity index (χ0) is 55.8. The van der Waals surface area contributed by atoms with Crippen molar-refractivity contribution in [2.75, 3.05) is 81.9 Å². The molecule has 0 aliphatic heterocycles. The molecule has 0 aliphatic carbocycles. The topological polar surface area (TPSA) is 217 Å². The highest BCUT2D eigenvalue weighted by atomic mass is 35.5. The maximum Gasteiger partial charge on any atom is 0.329 e. The molecule has 0 radical (unpaired) electrons. The van der Waals surface area contributed by atoms with Gasteiger partial charge in [0.25, 0.3) is 0 Å². The number of carbonyl (C=O) groups excluding carboxylic acids is 1. The van der Waals surface area contributed by atoms with Gasteiger partial charge in [0.1, 0.15) is 36.4 Å². The number of ether oxygens (including phenoxy) is 4. The summed E-state index contributed by atoms with van der Waals surface area (Å²) in [4.78, 5) is 34.0. The number of nitrogens with one attached hydrogen (secondary N) is 1. The van der Waals surface area contributed by atoms with Gasteiger partial charge in [-0.05, 0) is 106 Å². The number of imidazole rings is 2. The van der Waals surface area contributed by atoms with Crippen LogP contribution in [0.4, 0.5) is 0 Å². The largest absolute Gasteiger partial charge is 0.497 e. The number of carboxylic acids is 1. The van der Waals surface area contributed by atoms with E-state index in [1.807, 2.05) is 74.6 Å². The Hall–Kier alpha value is -6.17. The molecule has 0 bridgehead atoms. The van der Waals surface area contributed by atoms with Gasteiger partial charge in [0.05, 0.1) is 48.6 Å². The third-order valence-electron chi connectivity index (χ3n) is 12.2. The molecule has 0 saturated carbocycles. The second kappa shape index (κ2) is 30.7. The van der Waals surface area contributed by atoms with E-state index in [0.29, 0.717) is 40.3 Å². The van der Waals surface area contributed by atoms with Crippen molar-refractivity contribution in [1.29, 1.82) is 0 Å². The number of likely N-dealkylation sites (N-methyl/N-ethyl adjacent to an activating group) is 3. The SMILES string of the molecule is C.CNCc1ccc(-c2cn(C)c(C)n2)cc1.COc1cc(C)c(S(=O)(=O)N(C)CCOCC(=O)N(C)Cc2ccc(-c3cn(C)c(C)n3)cc2)c(C)c1.COc1cc(C)c(S(=O)(=O)N(C)CCOCC(=O)O)c(C)c1.Cl. The number of methoxy groups -OCH3 is 2. The van der Waals surface area contributed by atoms with E-state index in [1.54, 1.807) is 71.0 Å². The number of sulfonamides is 2. The maximum absolute atomic E-state index is 13.1. The van der Waals surface area contributed by atoms with Crippen LogP contribution < -0.4 is 14.8 Å². The van der Waals surface area contributed by atoms with Crippen LogP contribution in [0.2, 0.25) is 0 Å². The molecule has 424 valence electrons. The highest BCUT2D eigenvalue weighted by molar-refractivity contribution is 7.89. The van der Waals surface area contributed by atoms with E-state index in [-0.39, 0.29) is 68.4 Å². The van der Waals surface area contributed by atoms with E-state index in [0.717, 1.165) is 45.0 Å². The molecule has 19 nitrogen and oxygen atoms in total. The van der Waals surface area contributed by atoms with Crippen molar-refractivity contribution in [2.24, 2.45) is 14.1 Å². The van der Waals surface area contributed by atoms with Crippen molar-refractivity contribution in [3.8, 4) is 34.0 Å². The van der Waals surface area contributed by atoms with Gasteiger partial charge < -0.3 is 43.4 Å². The predicted octanol–water partition coefficient (Wildman–Crippen LogP) is 7.52.